The second kappa shape index (κ2) is 10.9. The predicted octanol–water partition coefficient (Wildman–Crippen LogP) is 4.41. The molecule has 182 valence electrons. The van der Waals surface area contributed by atoms with Gasteiger partial charge in [-0.05, 0) is 50.3 Å². The topological polar surface area (TPSA) is 86.1 Å². The number of carbonyl (C=O) groups is 1. The Morgan fingerprint density at radius 1 is 1.29 bits per heavy atom. The van der Waals surface area contributed by atoms with Gasteiger partial charge in [-0.25, -0.2) is 9.97 Å². The van der Waals surface area contributed by atoms with E-state index < -0.39 is 0 Å². The zero-order valence-electron chi connectivity index (χ0n) is 19.6. The van der Waals surface area contributed by atoms with Crippen molar-refractivity contribution in [3.05, 3.63) is 64.6 Å². The van der Waals surface area contributed by atoms with Crippen molar-refractivity contribution >= 4 is 49.4 Å². The van der Waals surface area contributed by atoms with Gasteiger partial charge in [-0.15, -0.1) is 11.3 Å². The molecule has 3 aromatic heterocycles. The van der Waals surface area contributed by atoms with Crippen molar-refractivity contribution in [3.63, 3.8) is 0 Å². The van der Waals surface area contributed by atoms with Crippen LogP contribution in [0.1, 0.15) is 31.7 Å². The number of nitrogens with one attached hydrogen (secondary N) is 1. The summed E-state index contributed by atoms with van der Waals surface area (Å²) < 4.78 is 8.08. The summed E-state index contributed by atoms with van der Waals surface area (Å²) in [5.74, 6) is 0.129. The molecule has 1 aromatic carbocycles. The third kappa shape index (κ3) is 5.58. The second-order valence-electron chi connectivity index (χ2n) is 8.86. The van der Waals surface area contributed by atoms with Crippen molar-refractivity contribution in [2.75, 3.05) is 12.4 Å². The molecule has 0 radical (unpaired) electrons. The molecular formula is C26H28N4O3S2. The van der Waals surface area contributed by atoms with Gasteiger partial charge in [0.05, 0.1) is 23.9 Å². The summed E-state index contributed by atoms with van der Waals surface area (Å²) in [4.78, 5) is 36.3. The number of benzene rings is 1. The summed E-state index contributed by atoms with van der Waals surface area (Å²) in [6.45, 7) is 3.18. The molecule has 0 aliphatic carbocycles. The Labute approximate surface area is 211 Å². The van der Waals surface area contributed by atoms with Crippen LogP contribution in [0.4, 0.5) is 0 Å². The van der Waals surface area contributed by atoms with Gasteiger partial charge >= 0.3 is 0 Å². The van der Waals surface area contributed by atoms with Gasteiger partial charge in [0.25, 0.3) is 5.56 Å². The summed E-state index contributed by atoms with van der Waals surface area (Å²) >= 11 is 2.67. The highest BCUT2D eigenvalue weighted by molar-refractivity contribution is 7.99. The highest BCUT2D eigenvalue weighted by Gasteiger charge is 2.22. The molecule has 2 atom stereocenters. The molecule has 1 saturated heterocycles. The van der Waals surface area contributed by atoms with Gasteiger partial charge in [0.15, 0.2) is 5.16 Å². The lowest BCUT2D eigenvalue weighted by Gasteiger charge is -2.16. The van der Waals surface area contributed by atoms with Crippen LogP contribution in [0.15, 0.2) is 58.6 Å². The largest absolute Gasteiger partial charge is 0.376 e. The molecule has 1 fully saturated rings. The summed E-state index contributed by atoms with van der Waals surface area (Å²) in [5.41, 5.74) is 1.83. The molecule has 4 aromatic rings. The lowest BCUT2D eigenvalue weighted by molar-refractivity contribution is -0.119. The number of aromatic nitrogens is 3. The summed E-state index contributed by atoms with van der Waals surface area (Å²) in [7, 11) is 0. The van der Waals surface area contributed by atoms with E-state index in [1.54, 1.807) is 10.8 Å². The first-order chi connectivity index (χ1) is 17.1. The molecule has 0 saturated carbocycles. The number of thiophene rings is 1. The van der Waals surface area contributed by atoms with Crippen LogP contribution in [-0.4, -0.2) is 44.9 Å². The van der Waals surface area contributed by atoms with E-state index in [1.807, 2.05) is 37.3 Å². The maximum atomic E-state index is 13.5. The molecule has 1 aliphatic heterocycles. The van der Waals surface area contributed by atoms with E-state index in [2.05, 4.69) is 22.4 Å². The van der Waals surface area contributed by atoms with Gasteiger partial charge in [0, 0.05) is 24.2 Å². The van der Waals surface area contributed by atoms with Crippen molar-refractivity contribution in [1.82, 2.24) is 19.9 Å². The molecule has 0 unspecified atom stereocenters. The fourth-order valence-corrected chi connectivity index (χ4v) is 6.19. The van der Waals surface area contributed by atoms with E-state index in [9.17, 15) is 9.59 Å². The first-order valence-corrected chi connectivity index (χ1v) is 13.7. The zero-order valence-corrected chi connectivity index (χ0v) is 21.2. The van der Waals surface area contributed by atoms with Crippen LogP contribution >= 0.6 is 23.1 Å². The Morgan fingerprint density at radius 3 is 2.94 bits per heavy atom. The van der Waals surface area contributed by atoms with E-state index >= 15 is 0 Å². The van der Waals surface area contributed by atoms with Crippen LogP contribution in [0.25, 0.3) is 20.4 Å². The maximum Gasteiger partial charge on any atom is 0.272 e. The molecule has 0 spiro atoms. The van der Waals surface area contributed by atoms with E-state index in [0.29, 0.717) is 28.5 Å². The first-order valence-electron chi connectivity index (χ1n) is 11.9. The third-order valence-corrected chi connectivity index (χ3v) is 8.24. The fraction of sp³-hybridized carbons (Fsp3) is 0.385. The molecule has 1 N–H and O–H groups in total. The second-order valence-corrected chi connectivity index (χ2v) is 10.8. The Bertz CT molecular complexity index is 1380. The van der Waals surface area contributed by atoms with Gasteiger partial charge in [-0.2, -0.15) is 0 Å². The number of nitrogens with zero attached hydrogens (tertiary/aromatic N) is 3. The number of rotatable bonds is 9. The Kier molecular flexibility index (Phi) is 7.46. The highest BCUT2D eigenvalue weighted by Crippen LogP contribution is 2.31. The van der Waals surface area contributed by atoms with Gasteiger partial charge in [0.2, 0.25) is 5.91 Å². The standard InChI is InChI=1S/C26H28N4O3S2/c1-17(11-12-18-7-3-2-4-8-18)28-21(31)16-34-26-29-22-20-10-5-13-27-24(20)35-23(22)25(32)30(26)15-19-9-6-14-33-19/h2-5,7-8,10,13,17,19H,6,9,11-12,14-16H2,1H3,(H,28,31)/t17-,19-/m1/s1. The van der Waals surface area contributed by atoms with Gasteiger partial charge in [-0.1, -0.05) is 42.1 Å². The number of hydrogen-bond acceptors (Lipinski definition) is 7. The molecule has 1 aliphatic rings. The normalized spacial score (nSPS) is 16.7. The Hall–Kier alpha value is -2.75. The number of thioether (sulfide) groups is 1. The summed E-state index contributed by atoms with van der Waals surface area (Å²) in [5, 5.41) is 4.50. The minimum Gasteiger partial charge on any atom is -0.376 e. The van der Waals surface area contributed by atoms with Crippen LogP contribution in [0.3, 0.4) is 0 Å². The third-order valence-electron chi connectivity index (χ3n) is 6.18. The van der Waals surface area contributed by atoms with E-state index in [-0.39, 0.29) is 29.4 Å². The van der Waals surface area contributed by atoms with Crippen molar-refractivity contribution in [2.45, 2.75) is 56.5 Å². The van der Waals surface area contributed by atoms with Crippen LogP contribution in [-0.2, 0) is 22.5 Å². The Balaban J connectivity index is 1.32. The highest BCUT2D eigenvalue weighted by atomic mass is 32.2. The number of hydrogen-bond donors (Lipinski definition) is 1. The Morgan fingerprint density at radius 2 is 2.14 bits per heavy atom. The molecule has 7 nitrogen and oxygen atoms in total. The molecular weight excluding hydrogens is 480 g/mol. The van der Waals surface area contributed by atoms with Crippen LogP contribution < -0.4 is 10.9 Å². The number of ether oxygens (including phenoxy) is 1. The van der Waals surface area contributed by atoms with Gasteiger partial charge in [-0.3, -0.25) is 14.2 Å². The zero-order chi connectivity index (χ0) is 24.2. The SMILES string of the molecule is C[C@H](CCc1ccccc1)NC(=O)CSc1nc2c(sc3ncccc32)c(=O)n1C[C@H]1CCCO1. The molecule has 35 heavy (non-hydrogen) atoms. The summed E-state index contributed by atoms with van der Waals surface area (Å²) in [6.07, 6.45) is 5.40. The van der Waals surface area contributed by atoms with Crippen molar-refractivity contribution in [1.29, 1.82) is 0 Å². The first kappa shape index (κ1) is 24.0. The van der Waals surface area contributed by atoms with Crippen LogP contribution in [0, 0.1) is 0 Å². The van der Waals surface area contributed by atoms with Crippen molar-refractivity contribution in [2.24, 2.45) is 0 Å². The molecule has 0 bridgehead atoms. The van der Waals surface area contributed by atoms with E-state index in [1.165, 1.54) is 28.7 Å². The quantitative estimate of drug-likeness (QED) is 0.266. The molecule has 9 heteroatoms. The lowest BCUT2D eigenvalue weighted by atomic mass is 10.1. The van der Waals surface area contributed by atoms with Gasteiger partial charge < -0.3 is 10.1 Å². The molecule has 5 rings (SSSR count). The van der Waals surface area contributed by atoms with Crippen molar-refractivity contribution < 1.29 is 9.53 Å². The average Bonchev–Trinajstić information content (AvgIpc) is 3.52. The monoisotopic (exact) mass is 508 g/mol. The molecule has 1 amide bonds. The number of fused-ring (bicyclic) bond motifs is 3. The fourth-order valence-electron chi connectivity index (χ4n) is 4.35. The lowest BCUT2D eigenvalue weighted by Crippen LogP contribution is -2.34. The minimum atomic E-state index is -0.0902. The number of pyridine rings is 1. The predicted molar refractivity (Wildman–Crippen MR) is 141 cm³/mol. The van der Waals surface area contributed by atoms with Crippen LogP contribution in [0.5, 0.6) is 0 Å². The number of amides is 1. The van der Waals surface area contributed by atoms with Crippen molar-refractivity contribution in [3.8, 4) is 0 Å². The average molecular weight is 509 g/mol. The van der Waals surface area contributed by atoms with E-state index in [0.717, 1.165) is 35.9 Å². The maximum absolute atomic E-state index is 13.5. The summed E-state index contributed by atoms with van der Waals surface area (Å²) in [6, 6.07) is 14.1. The minimum absolute atomic E-state index is 0.00867. The number of aryl methyl sites for hydroxylation is 1. The smallest absolute Gasteiger partial charge is 0.272 e. The van der Waals surface area contributed by atoms with Gasteiger partial charge in [0.1, 0.15) is 9.53 Å². The molecule has 4 heterocycles. The van der Waals surface area contributed by atoms with E-state index in [4.69, 9.17) is 9.72 Å². The number of carbonyl (C=O) groups excluding carboxylic acids is 1. The van der Waals surface area contributed by atoms with Crippen LogP contribution in [0.2, 0.25) is 0 Å².